The van der Waals surface area contributed by atoms with Crippen LogP contribution in [0.15, 0.2) is 6.33 Å². The molecule has 1 N–H and O–H groups in total. The number of rotatable bonds is 2. The lowest BCUT2D eigenvalue weighted by atomic mass is 9.99. The maximum absolute atomic E-state index is 11.7. The van der Waals surface area contributed by atoms with Crippen molar-refractivity contribution in [1.82, 2.24) is 9.55 Å². The summed E-state index contributed by atoms with van der Waals surface area (Å²) in [5.41, 5.74) is 0.722. The Bertz CT molecular complexity index is 439. The predicted octanol–water partition coefficient (Wildman–Crippen LogP) is 0.0940. The highest BCUT2D eigenvalue weighted by Gasteiger charge is 2.35. The first kappa shape index (κ1) is 10.7. The summed E-state index contributed by atoms with van der Waals surface area (Å²) in [5.74, 6) is -0.932. The number of carbonyl (C=O) groups excluding carboxylic acids is 2. The molecule has 1 aromatic heterocycles. The van der Waals surface area contributed by atoms with Crippen molar-refractivity contribution >= 4 is 17.7 Å². The topological polar surface area (TPSA) is 73.2 Å². The van der Waals surface area contributed by atoms with Crippen LogP contribution in [0.25, 0.3) is 0 Å². The number of anilines is 1. The van der Waals surface area contributed by atoms with Gasteiger partial charge in [-0.3, -0.25) is 9.59 Å². The fourth-order valence-corrected chi connectivity index (χ4v) is 1.71. The molecule has 1 aliphatic rings. The lowest BCUT2D eigenvalue weighted by Gasteiger charge is -2.20. The zero-order valence-corrected chi connectivity index (χ0v) is 9.19. The van der Waals surface area contributed by atoms with E-state index in [0.717, 1.165) is 5.69 Å². The van der Waals surface area contributed by atoms with E-state index >= 15 is 0 Å². The van der Waals surface area contributed by atoms with E-state index in [1.165, 1.54) is 0 Å². The molecular weight excluding hydrogens is 210 g/mol. The number of hydrogen-bond donors (Lipinski definition) is 1. The van der Waals surface area contributed by atoms with Crippen LogP contribution in [0.2, 0.25) is 0 Å². The molecule has 0 fully saturated rings. The Morgan fingerprint density at radius 1 is 1.75 bits per heavy atom. The van der Waals surface area contributed by atoms with Crippen LogP contribution in [-0.2, 0) is 27.8 Å². The number of nitrogens with one attached hydrogen (secondary N) is 1. The average molecular weight is 223 g/mol. The van der Waals surface area contributed by atoms with Gasteiger partial charge in [-0.1, -0.05) is 0 Å². The molecule has 6 heteroatoms. The number of hydrogen-bond acceptors (Lipinski definition) is 4. The summed E-state index contributed by atoms with van der Waals surface area (Å²) in [7, 11) is 1.79. The van der Waals surface area contributed by atoms with Crippen LogP contribution in [0.5, 0.6) is 0 Å². The normalized spacial score (nSPS) is 18.9. The molecule has 0 aromatic carbocycles. The van der Waals surface area contributed by atoms with Crippen molar-refractivity contribution in [2.24, 2.45) is 13.0 Å². The second kappa shape index (κ2) is 3.96. The first-order chi connectivity index (χ1) is 7.63. The third-order valence-electron chi connectivity index (χ3n) is 2.54. The minimum absolute atomic E-state index is 0.275. The molecule has 0 saturated heterocycles. The molecule has 0 aliphatic carbocycles. The zero-order valence-electron chi connectivity index (χ0n) is 9.19. The molecule has 0 bridgehead atoms. The number of nitrogens with zero attached hydrogens (tertiary/aromatic N) is 2. The number of esters is 1. The molecule has 1 aliphatic heterocycles. The molecule has 16 heavy (non-hydrogen) atoms. The molecule has 6 nitrogen and oxygen atoms in total. The van der Waals surface area contributed by atoms with Gasteiger partial charge in [0.1, 0.15) is 11.7 Å². The summed E-state index contributed by atoms with van der Waals surface area (Å²) >= 11 is 0. The molecule has 0 saturated carbocycles. The van der Waals surface area contributed by atoms with E-state index in [2.05, 4.69) is 10.3 Å². The Morgan fingerprint density at radius 3 is 3.19 bits per heavy atom. The molecule has 86 valence electrons. The second-order valence-electron chi connectivity index (χ2n) is 3.65. The van der Waals surface area contributed by atoms with Gasteiger partial charge in [-0.15, -0.1) is 0 Å². The van der Waals surface area contributed by atoms with E-state index in [9.17, 15) is 9.59 Å². The Balaban J connectivity index is 2.22. The van der Waals surface area contributed by atoms with Crippen molar-refractivity contribution in [3.63, 3.8) is 0 Å². The van der Waals surface area contributed by atoms with Gasteiger partial charge in [-0.2, -0.15) is 0 Å². The monoisotopic (exact) mass is 223 g/mol. The Kier molecular flexibility index (Phi) is 2.64. The first-order valence-electron chi connectivity index (χ1n) is 5.11. The van der Waals surface area contributed by atoms with Gasteiger partial charge in [0, 0.05) is 13.5 Å². The summed E-state index contributed by atoms with van der Waals surface area (Å²) in [6.45, 7) is 1.99. The molecule has 1 aromatic rings. The highest BCUT2D eigenvalue weighted by atomic mass is 16.5. The van der Waals surface area contributed by atoms with Gasteiger partial charge >= 0.3 is 5.97 Å². The number of ether oxygens (including phenoxy) is 1. The van der Waals surface area contributed by atoms with E-state index in [1.54, 1.807) is 24.9 Å². The minimum atomic E-state index is -0.776. The van der Waals surface area contributed by atoms with Gasteiger partial charge in [0.15, 0.2) is 0 Å². The minimum Gasteiger partial charge on any atom is -0.465 e. The van der Waals surface area contributed by atoms with Crippen LogP contribution in [0, 0.1) is 5.92 Å². The lowest BCUT2D eigenvalue weighted by Crippen LogP contribution is -2.37. The summed E-state index contributed by atoms with van der Waals surface area (Å²) in [6.07, 6.45) is 1.92. The standard InChI is InChI=1S/C10H13N3O3/c1-3-16-10(15)6-4-7-8(12-9(6)14)13(2)5-11-7/h5-6H,3-4H2,1-2H3,(H,12,14). The van der Waals surface area contributed by atoms with E-state index in [4.69, 9.17) is 4.74 Å². The second-order valence-corrected chi connectivity index (χ2v) is 3.65. The van der Waals surface area contributed by atoms with E-state index < -0.39 is 11.9 Å². The van der Waals surface area contributed by atoms with Crippen molar-refractivity contribution in [3.8, 4) is 0 Å². The van der Waals surface area contributed by atoms with Gasteiger partial charge in [0.25, 0.3) is 0 Å². The Labute approximate surface area is 92.6 Å². The zero-order chi connectivity index (χ0) is 11.7. The van der Waals surface area contributed by atoms with Gasteiger partial charge in [0.2, 0.25) is 5.91 Å². The smallest absolute Gasteiger partial charge is 0.318 e. The highest BCUT2D eigenvalue weighted by molar-refractivity contribution is 6.06. The highest BCUT2D eigenvalue weighted by Crippen LogP contribution is 2.24. The molecule has 0 spiro atoms. The predicted molar refractivity (Wildman–Crippen MR) is 55.7 cm³/mol. The lowest BCUT2D eigenvalue weighted by molar-refractivity contribution is -0.151. The molecule has 1 amide bonds. The third kappa shape index (κ3) is 1.66. The van der Waals surface area contributed by atoms with Crippen LogP contribution in [0.3, 0.4) is 0 Å². The Morgan fingerprint density at radius 2 is 2.50 bits per heavy atom. The number of aryl methyl sites for hydroxylation is 1. The number of fused-ring (bicyclic) bond motifs is 1. The van der Waals surface area contributed by atoms with Gasteiger partial charge < -0.3 is 14.6 Å². The summed E-state index contributed by atoms with van der Waals surface area (Å²) in [5, 5.41) is 2.66. The molecule has 2 rings (SSSR count). The maximum Gasteiger partial charge on any atom is 0.318 e. The van der Waals surface area contributed by atoms with Crippen molar-refractivity contribution in [1.29, 1.82) is 0 Å². The van der Waals surface area contributed by atoms with E-state index in [1.807, 2.05) is 0 Å². The van der Waals surface area contributed by atoms with Crippen molar-refractivity contribution in [2.45, 2.75) is 13.3 Å². The quantitative estimate of drug-likeness (QED) is 0.570. The largest absolute Gasteiger partial charge is 0.465 e. The van der Waals surface area contributed by atoms with Crippen LogP contribution in [0.1, 0.15) is 12.6 Å². The molecule has 1 atom stereocenters. The third-order valence-corrected chi connectivity index (χ3v) is 2.54. The maximum atomic E-state index is 11.7. The van der Waals surface area contributed by atoms with E-state index in [-0.39, 0.29) is 12.5 Å². The van der Waals surface area contributed by atoms with Crippen molar-refractivity contribution in [2.75, 3.05) is 11.9 Å². The van der Waals surface area contributed by atoms with Gasteiger partial charge in [0.05, 0.1) is 18.6 Å². The van der Waals surface area contributed by atoms with Crippen LogP contribution >= 0.6 is 0 Å². The van der Waals surface area contributed by atoms with Gasteiger partial charge in [-0.05, 0) is 6.92 Å². The van der Waals surface area contributed by atoms with Crippen LogP contribution in [0.4, 0.5) is 5.82 Å². The number of imidazole rings is 1. The summed E-state index contributed by atoms with van der Waals surface area (Å²) in [4.78, 5) is 27.3. The number of aromatic nitrogens is 2. The number of carbonyl (C=O) groups is 2. The Hall–Kier alpha value is -1.85. The molecule has 0 radical (unpaired) electrons. The fourth-order valence-electron chi connectivity index (χ4n) is 1.71. The van der Waals surface area contributed by atoms with E-state index in [0.29, 0.717) is 12.2 Å². The average Bonchev–Trinajstić information content (AvgIpc) is 2.59. The number of amides is 1. The van der Waals surface area contributed by atoms with Crippen molar-refractivity contribution < 1.29 is 14.3 Å². The SMILES string of the molecule is CCOC(=O)C1Cc2ncn(C)c2NC1=O. The molecule has 1 unspecified atom stereocenters. The van der Waals surface area contributed by atoms with Crippen LogP contribution < -0.4 is 5.32 Å². The van der Waals surface area contributed by atoms with Crippen molar-refractivity contribution in [3.05, 3.63) is 12.0 Å². The fraction of sp³-hybridized carbons (Fsp3) is 0.500. The summed E-state index contributed by atoms with van der Waals surface area (Å²) in [6, 6.07) is 0. The van der Waals surface area contributed by atoms with Crippen LogP contribution in [-0.4, -0.2) is 28.0 Å². The molecular formula is C10H13N3O3. The molecule has 2 heterocycles. The van der Waals surface area contributed by atoms with Gasteiger partial charge in [-0.25, -0.2) is 4.98 Å². The first-order valence-corrected chi connectivity index (χ1v) is 5.11. The summed E-state index contributed by atoms with van der Waals surface area (Å²) < 4.78 is 6.56.